The summed E-state index contributed by atoms with van der Waals surface area (Å²) in [4.78, 5) is 0. The van der Waals surface area contributed by atoms with Crippen molar-refractivity contribution < 1.29 is 4.39 Å². The Bertz CT molecular complexity index is 722. The Labute approximate surface area is 122 Å². The van der Waals surface area contributed by atoms with Gasteiger partial charge in [0.15, 0.2) is 0 Å². The molecule has 21 heavy (non-hydrogen) atoms. The van der Waals surface area contributed by atoms with Gasteiger partial charge in [0, 0.05) is 23.7 Å². The highest BCUT2D eigenvalue weighted by molar-refractivity contribution is 5.59. The van der Waals surface area contributed by atoms with Crippen molar-refractivity contribution >= 4 is 0 Å². The molecule has 0 fully saturated rings. The van der Waals surface area contributed by atoms with Crippen LogP contribution in [0.4, 0.5) is 4.39 Å². The summed E-state index contributed by atoms with van der Waals surface area (Å²) in [5.41, 5.74) is 9.50. The first-order chi connectivity index (χ1) is 10.3. The maximum Gasteiger partial charge on any atom is 0.123 e. The number of aromatic amines is 1. The maximum absolute atomic E-state index is 13.4. The zero-order valence-electron chi connectivity index (χ0n) is 11.5. The van der Waals surface area contributed by atoms with Crippen LogP contribution in [0.3, 0.4) is 0 Å². The Balaban J connectivity index is 1.94. The van der Waals surface area contributed by atoms with Crippen LogP contribution in [-0.2, 0) is 0 Å². The van der Waals surface area contributed by atoms with Crippen LogP contribution < -0.4 is 5.73 Å². The number of hydrogen-bond donors (Lipinski definition) is 2. The Morgan fingerprint density at radius 3 is 2.57 bits per heavy atom. The van der Waals surface area contributed by atoms with Gasteiger partial charge in [0.25, 0.3) is 0 Å². The van der Waals surface area contributed by atoms with Crippen molar-refractivity contribution in [2.45, 2.75) is 5.92 Å². The lowest BCUT2D eigenvalue weighted by Gasteiger charge is -2.13. The first kappa shape index (κ1) is 13.5. The average molecular weight is 281 g/mol. The second-order valence-corrected chi connectivity index (χ2v) is 4.92. The van der Waals surface area contributed by atoms with E-state index in [4.69, 9.17) is 5.73 Å². The van der Waals surface area contributed by atoms with Gasteiger partial charge in [-0.1, -0.05) is 42.5 Å². The first-order valence-corrected chi connectivity index (χ1v) is 6.84. The molecule has 0 aliphatic carbocycles. The van der Waals surface area contributed by atoms with Gasteiger partial charge in [0.2, 0.25) is 0 Å². The molecule has 3 rings (SSSR count). The smallest absolute Gasteiger partial charge is 0.123 e. The van der Waals surface area contributed by atoms with Gasteiger partial charge < -0.3 is 5.73 Å². The number of halogens is 1. The second-order valence-electron chi connectivity index (χ2n) is 4.92. The molecule has 1 heterocycles. The number of rotatable bonds is 4. The zero-order valence-corrected chi connectivity index (χ0v) is 11.5. The summed E-state index contributed by atoms with van der Waals surface area (Å²) in [6.45, 7) is 0.389. The lowest BCUT2D eigenvalue weighted by molar-refractivity contribution is 0.622. The van der Waals surface area contributed by atoms with E-state index < -0.39 is 0 Å². The van der Waals surface area contributed by atoms with E-state index in [1.807, 2.05) is 42.5 Å². The van der Waals surface area contributed by atoms with Crippen molar-refractivity contribution in [2.75, 3.05) is 6.54 Å². The largest absolute Gasteiger partial charge is 0.329 e. The van der Waals surface area contributed by atoms with E-state index in [1.54, 1.807) is 6.07 Å². The van der Waals surface area contributed by atoms with Gasteiger partial charge in [0.1, 0.15) is 5.82 Å². The summed E-state index contributed by atoms with van der Waals surface area (Å²) < 4.78 is 13.4. The van der Waals surface area contributed by atoms with Crippen LogP contribution in [0.5, 0.6) is 0 Å². The number of nitrogens with two attached hydrogens (primary N) is 1. The minimum atomic E-state index is -0.256. The molecule has 1 unspecified atom stereocenters. The third-order valence-electron chi connectivity index (χ3n) is 3.53. The normalized spacial score (nSPS) is 12.3. The fourth-order valence-corrected chi connectivity index (χ4v) is 2.44. The predicted octanol–water partition coefficient (Wildman–Crippen LogP) is 3.31. The topological polar surface area (TPSA) is 54.7 Å². The average Bonchev–Trinajstić information content (AvgIpc) is 2.99. The molecule has 0 saturated carbocycles. The number of benzene rings is 2. The SMILES string of the molecule is NCC(c1cccc(F)c1)c1cc(-c2ccccc2)n[nH]1. The fraction of sp³-hybridized carbons (Fsp3) is 0.118. The fourth-order valence-electron chi connectivity index (χ4n) is 2.44. The van der Waals surface area contributed by atoms with Crippen molar-refractivity contribution in [3.8, 4) is 11.3 Å². The third-order valence-corrected chi connectivity index (χ3v) is 3.53. The van der Waals surface area contributed by atoms with Crippen LogP contribution >= 0.6 is 0 Å². The molecule has 0 spiro atoms. The number of nitrogens with one attached hydrogen (secondary N) is 1. The molecule has 0 aliphatic heterocycles. The molecule has 1 atom stereocenters. The minimum absolute atomic E-state index is 0.0920. The standard InChI is InChI=1S/C17H16FN3/c18-14-8-4-7-13(9-14)15(11-19)17-10-16(20-21-17)12-5-2-1-3-6-12/h1-10,15H,11,19H2,(H,20,21). The van der Waals surface area contributed by atoms with Crippen LogP contribution in [0.25, 0.3) is 11.3 Å². The summed E-state index contributed by atoms with van der Waals surface area (Å²) >= 11 is 0. The summed E-state index contributed by atoms with van der Waals surface area (Å²) in [5.74, 6) is -0.348. The van der Waals surface area contributed by atoms with E-state index in [-0.39, 0.29) is 11.7 Å². The van der Waals surface area contributed by atoms with E-state index in [2.05, 4.69) is 10.2 Å². The molecule has 4 heteroatoms. The van der Waals surface area contributed by atoms with Crippen LogP contribution in [0.15, 0.2) is 60.7 Å². The van der Waals surface area contributed by atoms with Gasteiger partial charge in [-0.2, -0.15) is 5.10 Å². The lowest BCUT2D eigenvalue weighted by Crippen LogP contribution is -2.14. The minimum Gasteiger partial charge on any atom is -0.329 e. The molecule has 0 bridgehead atoms. The third kappa shape index (κ3) is 2.85. The van der Waals surface area contributed by atoms with E-state index in [9.17, 15) is 4.39 Å². The summed E-state index contributed by atoms with van der Waals surface area (Å²) in [7, 11) is 0. The number of nitrogens with zero attached hydrogens (tertiary/aromatic N) is 1. The Morgan fingerprint density at radius 2 is 1.86 bits per heavy atom. The first-order valence-electron chi connectivity index (χ1n) is 6.84. The molecule has 3 nitrogen and oxygen atoms in total. The van der Waals surface area contributed by atoms with Crippen LogP contribution in [0.2, 0.25) is 0 Å². The molecular weight excluding hydrogens is 265 g/mol. The van der Waals surface area contributed by atoms with Gasteiger partial charge in [-0.3, -0.25) is 5.10 Å². The molecular formula is C17H16FN3. The molecule has 2 aromatic carbocycles. The highest BCUT2D eigenvalue weighted by atomic mass is 19.1. The van der Waals surface area contributed by atoms with Crippen molar-refractivity contribution in [1.82, 2.24) is 10.2 Å². The quantitative estimate of drug-likeness (QED) is 0.771. The molecule has 3 N–H and O–H groups in total. The van der Waals surface area contributed by atoms with Gasteiger partial charge >= 0.3 is 0 Å². The molecule has 3 aromatic rings. The number of aromatic nitrogens is 2. The summed E-state index contributed by atoms with van der Waals surface area (Å²) in [5, 5.41) is 7.35. The monoisotopic (exact) mass is 281 g/mol. The predicted molar refractivity (Wildman–Crippen MR) is 81.3 cm³/mol. The molecule has 106 valence electrons. The molecule has 0 amide bonds. The highest BCUT2D eigenvalue weighted by Gasteiger charge is 2.16. The summed E-state index contributed by atoms with van der Waals surface area (Å²) in [6.07, 6.45) is 0. The lowest BCUT2D eigenvalue weighted by atomic mass is 9.95. The Hall–Kier alpha value is -2.46. The van der Waals surface area contributed by atoms with Gasteiger partial charge in [-0.15, -0.1) is 0 Å². The zero-order chi connectivity index (χ0) is 14.7. The molecule has 1 aromatic heterocycles. The van der Waals surface area contributed by atoms with Crippen molar-refractivity contribution in [3.63, 3.8) is 0 Å². The van der Waals surface area contributed by atoms with Gasteiger partial charge in [-0.25, -0.2) is 4.39 Å². The number of hydrogen-bond acceptors (Lipinski definition) is 2. The van der Waals surface area contributed by atoms with Crippen molar-refractivity contribution in [3.05, 3.63) is 77.7 Å². The van der Waals surface area contributed by atoms with E-state index in [0.29, 0.717) is 6.54 Å². The van der Waals surface area contributed by atoms with Gasteiger partial charge in [-0.05, 0) is 23.8 Å². The van der Waals surface area contributed by atoms with Gasteiger partial charge in [0.05, 0.1) is 5.69 Å². The number of H-pyrrole nitrogens is 1. The molecule has 0 saturated heterocycles. The van der Waals surface area contributed by atoms with Crippen molar-refractivity contribution in [2.24, 2.45) is 5.73 Å². The Morgan fingerprint density at radius 1 is 1.05 bits per heavy atom. The van der Waals surface area contributed by atoms with E-state index >= 15 is 0 Å². The summed E-state index contributed by atoms with van der Waals surface area (Å²) in [6, 6.07) is 18.4. The van der Waals surface area contributed by atoms with Crippen LogP contribution in [0, 0.1) is 5.82 Å². The van der Waals surface area contributed by atoms with E-state index in [0.717, 1.165) is 22.5 Å². The highest BCUT2D eigenvalue weighted by Crippen LogP contribution is 2.26. The van der Waals surface area contributed by atoms with Crippen LogP contribution in [-0.4, -0.2) is 16.7 Å². The molecule has 0 aliphatic rings. The second kappa shape index (κ2) is 5.89. The van der Waals surface area contributed by atoms with Crippen molar-refractivity contribution in [1.29, 1.82) is 0 Å². The Kier molecular flexibility index (Phi) is 3.79. The van der Waals surface area contributed by atoms with Crippen LogP contribution in [0.1, 0.15) is 17.2 Å². The maximum atomic E-state index is 13.4. The van der Waals surface area contributed by atoms with E-state index in [1.165, 1.54) is 12.1 Å². The molecule has 0 radical (unpaired) electrons.